The average molecular weight is 367 g/mol. The number of rotatable bonds is 2. The maximum absolute atomic E-state index is 12.9. The van der Waals surface area contributed by atoms with Gasteiger partial charge in [-0.3, -0.25) is 4.79 Å². The Bertz CT molecular complexity index is 1020. The van der Waals surface area contributed by atoms with Crippen LogP contribution in [-0.4, -0.2) is 38.0 Å². The standard InChI is InChI=1S/C20H19ClN4O/c1-13-5-3-4-6-17(13)15-7-8-24(14(2)9-15)20(26)18-10-19-22-11-16(21)12-25(19)23-18/h3-7,10-12,14H,8-9H2,1-2H3. The Morgan fingerprint density at radius 2 is 2.12 bits per heavy atom. The van der Waals surface area contributed by atoms with Crippen LogP contribution in [0.1, 0.15) is 35.0 Å². The molecule has 3 heterocycles. The fourth-order valence-electron chi connectivity index (χ4n) is 3.44. The van der Waals surface area contributed by atoms with Gasteiger partial charge < -0.3 is 4.90 Å². The fourth-order valence-corrected chi connectivity index (χ4v) is 3.58. The minimum atomic E-state index is -0.0841. The molecule has 0 N–H and O–H groups in total. The summed E-state index contributed by atoms with van der Waals surface area (Å²) in [6.07, 6.45) is 6.17. The summed E-state index contributed by atoms with van der Waals surface area (Å²) >= 11 is 5.94. The van der Waals surface area contributed by atoms with Gasteiger partial charge in [0.2, 0.25) is 0 Å². The maximum Gasteiger partial charge on any atom is 0.274 e. The summed E-state index contributed by atoms with van der Waals surface area (Å²) in [5.74, 6) is -0.0841. The Hall–Kier alpha value is -2.66. The molecule has 0 spiro atoms. The van der Waals surface area contributed by atoms with E-state index in [2.05, 4.69) is 48.2 Å². The first-order valence-corrected chi connectivity index (χ1v) is 8.97. The van der Waals surface area contributed by atoms with Crippen molar-refractivity contribution in [3.05, 3.63) is 70.6 Å². The van der Waals surface area contributed by atoms with Crippen molar-refractivity contribution in [2.24, 2.45) is 0 Å². The van der Waals surface area contributed by atoms with E-state index in [-0.39, 0.29) is 11.9 Å². The summed E-state index contributed by atoms with van der Waals surface area (Å²) in [6, 6.07) is 10.2. The number of benzene rings is 1. The molecule has 0 radical (unpaired) electrons. The zero-order valence-corrected chi connectivity index (χ0v) is 15.4. The predicted molar refractivity (Wildman–Crippen MR) is 102 cm³/mol. The van der Waals surface area contributed by atoms with E-state index in [9.17, 15) is 4.79 Å². The minimum Gasteiger partial charge on any atom is -0.330 e. The molecule has 26 heavy (non-hydrogen) atoms. The Morgan fingerprint density at radius 1 is 1.31 bits per heavy atom. The van der Waals surface area contributed by atoms with Gasteiger partial charge in [-0.2, -0.15) is 5.10 Å². The van der Waals surface area contributed by atoms with Gasteiger partial charge in [0.15, 0.2) is 11.3 Å². The topological polar surface area (TPSA) is 50.5 Å². The first-order chi connectivity index (χ1) is 12.5. The lowest BCUT2D eigenvalue weighted by Crippen LogP contribution is -2.41. The molecular formula is C20H19ClN4O. The Kier molecular flexibility index (Phi) is 4.24. The van der Waals surface area contributed by atoms with Gasteiger partial charge in [-0.05, 0) is 37.0 Å². The van der Waals surface area contributed by atoms with Gasteiger partial charge in [0.25, 0.3) is 5.91 Å². The van der Waals surface area contributed by atoms with Gasteiger partial charge in [-0.25, -0.2) is 9.50 Å². The molecule has 4 rings (SSSR count). The molecule has 5 nitrogen and oxygen atoms in total. The molecule has 1 atom stereocenters. The molecule has 0 aliphatic carbocycles. The smallest absolute Gasteiger partial charge is 0.274 e. The average Bonchev–Trinajstić information content (AvgIpc) is 3.04. The lowest BCUT2D eigenvalue weighted by Gasteiger charge is -2.33. The van der Waals surface area contributed by atoms with E-state index in [1.807, 2.05) is 11.0 Å². The number of halogens is 1. The SMILES string of the molecule is Cc1ccccc1C1=CCN(C(=O)c2cc3ncc(Cl)cn3n2)C(C)C1. The van der Waals surface area contributed by atoms with E-state index in [4.69, 9.17) is 11.6 Å². The molecule has 1 aromatic carbocycles. The highest BCUT2D eigenvalue weighted by Crippen LogP contribution is 2.29. The summed E-state index contributed by atoms with van der Waals surface area (Å²) in [5.41, 5.74) is 4.81. The summed E-state index contributed by atoms with van der Waals surface area (Å²) in [7, 11) is 0. The van der Waals surface area contributed by atoms with Gasteiger partial charge in [0.05, 0.1) is 11.2 Å². The summed E-state index contributed by atoms with van der Waals surface area (Å²) in [5, 5.41) is 4.82. The first-order valence-electron chi connectivity index (χ1n) is 8.60. The highest BCUT2D eigenvalue weighted by Gasteiger charge is 2.27. The normalized spacial score (nSPS) is 17.4. The number of carbonyl (C=O) groups is 1. The van der Waals surface area contributed by atoms with E-state index in [1.54, 1.807) is 23.0 Å². The Morgan fingerprint density at radius 3 is 2.88 bits per heavy atom. The zero-order chi connectivity index (χ0) is 18.3. The molecule has 0 fully saturated rings. The third-order valence-corrected chi connectivity index (χ3v) is 5.03. The molecule has 1 amide bonds. The lowest BCUT2D eigenvalue weighted by atomic mass is 9.92. The molecule has 0 saturated carbocycles. The van der Waals surface area contributed by atoms with Gasteiger partial charge in [-0.15, -0.1) is 0 Å². The number of amides is 1. The second-order valence-electron chi connectivity index (χ2n) is 6.66. The van der Waals surface area contributed by atoms with E-state index in [1.165, 1.54) is 16.7 Å². The molecule has 0 saturated heterocycles. The van der Waals surface area contributed by atoms with Crippen LogP contribution in [0.5, 0.6) is 0 Å². The van der Waals surface area contributed by atoms with Crippen LogP contribution in [0.25, 0.3) is 11.2 Å². The van der Waals surface area contributed by atoms with Crippen molar-refractivity contribution in [2.45, 2.75) is 26.3 Å². The molecule has 1 aliphatic heterocycles. The van der Waals surface area contributed by atoms with E-state index >= 15 is 0 Å². The van der Waals surface area contributed by atoms with Crippen molar-refractivity contribution >= 4 is 28.7 Å². The van der Waals surface area contributed by atoms with Gasteiger partial charge in [0.1, 0.15) is 0 Å². The second kappa shape index (κ2) is 6.57. The molecule has 0 bridgehead atoms. The molecule has 3 aromatic rings. The summed E-state index contributed by atoms with van der Waals surface area (Å²) in [4.78, 5) is 19.0. The van der Waals surface area contributed by atoms with E-state index in [0.717, 1.165) is 6.42 Å². The van der Waals surface area contributed by atoms with E-state index in [0.29, 0.717) is 22.9 Å². The van der Waals surface area contributed by atoms with Crippen LogP contribution in [0.2, 0.25) is 5.02 Å². The molecular weight excluding hydrogens is 348 g/mol. The Balaban J connectivity index is 1.60. The van der Waals surface area contributed by atoms with Gasteiger partial charge in [0, 0.05) is 24.8 Å². The predicted octanol–water partition coefficient (Wildman–Crippen LogP) is 4.01. The number of nitrogens with zero attached hydrogens (tertiary/aromatic N) is 4. The Labute approximate surface area is 156 Å². The molecule has 2 aromatic heterocycles. The van der Waals surface area contributed by atoms with Crippen molar-refractivity contribution in [1.82, 2.24) is 19.5 Å². The largest absolute Gasteiger partial charge is 0.330 e. The number of aryl methyl sites for hydroxylation is 1. The van der Waals surface area contributed by atoms with Crippen LogP contribution in [-0.2, 0) is 0 Å². The number of hydrogen-bond acceptors (Lipinski definition) is 3. The van der Waals surface area contributed by atoms with E-state index < -0.39 is 0 Å². The number of fused-ring (bicyclic) bond motifs is 1. The van der Waals surface area contributed by atoms with Gasteiger partial charge >= 0.3 is 0 Å². The number of carbonyl (C=O) groups excluding carboxylic acids is 1. The van der Waals surface area contributed by atoms with Crippen molar-refractivity contribution in [2.75, 3.05) is 6.54 Å². The van der Waals surface area contributed by atoms with Crippen LogP contribution in [0, 0.1) is 6.92 Å². The third-order valence-electron chi connectivity index (χ3n) is 4.83. The molecule has 1 aliphatic rings. The monoisotopic (exact) mass is 366 g/mol. The zero-order valence-electron chi connectivity index (χ0n) is 14.7. The number of aromatic nitrogens is 3. The van der Waals surface area contributed by atoms with Crippen molar-refractivity contribution in [3.63, 3.8) is 0 Å². The van der Waals surface area contributed by atoms with Crippen LogP contribution < -0.4 is 0 Å². The van der Waals surface area contributed by atoms with Crippen molar-refractivity contribution in [3.8, 4) is 0 Å². The van der Waals surface area contributed by atoms with Crippen molar-refractivity contribution < 1.29 is 4.79 Å². The van der Waals surface area contributed by atoms with Crippen LogP contribution in [0.3, 0.4) is 0 Å². The maximum atomic E-state index is 12.9. The minimum absolute atomic E-state index is 0.0841. The molecule has 1 unspecified atom stereocenters. The molecule has 132 valence electrons. The quantitative estimate of drug-likeness (QED) is 0.688. The van der Waals surface area contributed by atoms with Crippen molar-refractivity contribution in [1.29, 1.82) is 0 Å². The lowest BCUT2D eigenvalue weighted by molar-refractivity contribution is 0.0705. The highest BCUT2D eigenvalue weighted by molar-refractivity contribution is 6.30. The highest BCUT2D eigenvalue weighted by atomic mass is 35.5. The summed E-state index contributed by atoms with van der Waals surface area (Å²) in [6.45, 7) is 4.77. The van der Waals surface area contributed by atoms with Crippen LogP contribution >= 0.6 is 11.6 Å². The number of hydrogen-bond donors (Lipinski definition) is 0. The first kappa shape index (κ1) is 16.8. The third kappa shape index (κ3) is 2.99. The van der Waals surface area contributed by atoms with Crippen LogP contribution in [0.15, 0.2) is 48.8 Å². The second-order valence-corrected chi connectivity index (χ2v) is 7.10. The van der Waals surface area contributed by atoms with Crippen LogP contribution in [0.4, 0.5) is 0 Å². The molecule has 6 heteroatoms. The summed E-state index contributed by atoms with van der Waals surface area (Å²) < 4.78 is 1.54. The van der Waals surface area contributed by atoms with Gasteiger partial charge in [-0.1, -0.05) is 41.9 Å². The fraction of sp³-hybridized carbons (Fsp3) is 0.250.